The SMILES string of the molecule is CCNC(=O)CN=C(N)Nc1ccc(OC(F)(F)F)cc1.I. The standard InChI is InChI=1S/C12H15F3N4O2.HI/c1-2-17-10(20)7-18-11(16)19-8-3-5-9(6-4-8)21-12(13,14)15;/h3-6H,2,7H2,1H3,(H,17,20)(H3,16,18,19);1H. The largest absolute Gasteiger partial charge is 0.573 e. The van der Waals surface area contributed by atoms with Crippen molar-refractivity contribution in [3.8, 4) is 5.75 Å². The number of nitrogens with two attached hydrogens (primary N) is 1. The molecule has 0 aromatic heterocycles. The average molecular weight is 432 g/mol. The summed E-state index contributed by atoms with van der Waals surface area (Å²) in [6.45, 7) is 2.12. The van der Waals surface area contributed by atoms with Gasteiger partial charge in [-0.05, 0) is 31.2 Å². The molecule has 0 radical (unpaired) electrons. The van der Waals surface area contributed by atoms with Gasteiger partial charge >= 0.3 is 6.36 Å². The summed E-state index contributed by atoms with van der Waals surface area (Å²) in [7, 11) is 0. The minimum Gasteiger partial charge on any atom is -0.406 e. The van der Waals surface area contributed by atoms with E-state index in [-0.39, 0.29) is 48.1 Å². The number of benzene rings is 1. The Morgan fingerprint density at radius 3 is 2.41 bits per heavy atom. The molecule has 124 valence electrons. The molecule has 1 aromatic carbocycles. The number of ether oxygens (including phenoxy) is 1. The Morgan fingerprint density at radius 1 is 1.32 bits per heavy atom. The number of amides is 1. The second kappa shape index (κ2) is 9.33. The van der Waals surface area contributed by atoms with E-state index >= 15 is 0 Å². The summed E-state index contributed by atoms with van der Waals surface area (Å²) < 4.78 is 39.7. The van der Waals surface area contributed by atoms with Gasteiger partial charge in [-0.1, -0.05) is 0 Å². The first-order valence-electron chi connectivity index (χ1n) is 5.99. The monoisotopic (exact) mass is 432 g/mol. The van der Waals surface area contributed by atoms with Crippen molar-refractivity contribution >= 4 is 41.5 Å². The first kappa shape index (κ1) is 20.3. The number of likely N-dealkylation sites (N-methyl/N-ethyl adjacent to an activating group) is 1. The van der Waals surface area contributed by atoms with Gasteiger partial charge in [0.05, 0.1) is 0 Å². The number of guanidine groups is 1. The van der Waals surface area contributed by atoms with Crippen molar-refractivity contribution in [2.24, 2.45) is 10.7 Å². The average Bonchev–Trinajstić information content (AvgIpc) is 2.37. The Kier molecular flexibility index (Phi) is 8.60. The maximum absolute atomic E-state index is 12.0. The fourth-order valence-corrected chi connectivity index (χ4v) is 1.34. The number of hydrogen-bond donors (Lipinski definition) is 3. The summed E-state index contributed by atoms with van der Waals surface area (Å²) in [5, 5.41) is 5.18. The Labute approximate surface area is 142 Å². The van der Waals surface area contributed by atoms with Gasteiger partial charge in [0, 0.05) is 12.2 Å². The maximum atomic E-state index is 12.0. The van der Waals surface area contributed by atoms with Crippen molar-refractivity contribution in [3.63, 3.8) is 0 Å². The van der Waals surface area contributed by atoms with E-state index in [9.17, 15) is 18.0 Å². The molecule has 10 heteroatoms. The third-order valence-corrected chi connectivity index (χ3v) is 2.13. The lowest BCUT2D eigenvalue weighted by Crippen LogP contribution is -2.28. The smallest absolute Gasteiger partial charge is 0.406 e. The summed E-state index contributed by atoms with van der Waals surface area (Å²) in [6.07, 6.45) is -4.73. The van der Waals surface area contributed by atoms with Gasteiger partial charge in [-0.25, -0.2) is 4.99 Å². The molecule has 0 saturated heterocycles. The summed E-state index contributed by atoms with van der Waals surface area (Å²) in [6, 6.07) is 4.95. The first-order chi connectivity index (χ1) is 9.80. The van der Waals surface area contributed by atoms with E-state index in [4.69, 9.17) is 5.73 Å². The number of aliphatic imine (C=N–C) groups is 1. The van der Waals surface area contributed by atoms with Gasteiger partial charge in [-0.15, -0.1) is 37.1 Å². The molecule has 0 saturated carbocycles. The molecule has 0 fully saturated rings. The van der Waals surface area contributed by atoms with Gasteiger partial charge < -0.3 is 21.1 Å². The van der Waals surface area contributed by atoms with Crippen LogP contribution in [0.2, 0.25) is 0 Å². The van der Waals surface area contributed by atoms with Gasteiger partial charge in [-0.2, -0.15) is 0 Å². The molecule has 0 heterocycles. The second-order valence-electron chi connectivity index (χ2n) is 3.85. The van der Waals surface area contributed by atoms with E-state index in [0.717, 1.165) is 12.1 Å². The second-order valence-corrected chi connectivity index (χ2v) is 3.85. The highest BCUT2D eigenvalue weighted by Crippen LogP contribution is 2.23. The van der Waals surface area contributed by atoms with Crippen LogP contribution in [0.25, 0.3) is 0 Å². The molecule has 1 aromatic rings. The summed E-state index contributed by atoms with van der Waals surface area (Å²) in [4.78, 5) is 14.9. The van der Waals surface area contributed by atoms with Crippen molar-refractivity contribution < 1.29 is 22.7 Å². The third-order valence-electron chi connectivity index (χ3n) is 2.13. The van der Waals surface area contributed by atoms with Crippen LogP contribution in [0.3, 0.4) is 0 Å². The molecule has 22 heavy (non-hydrogen) atoms. The Bertz CT molecular complexity index is 506. The van der Waals surface area contributed by atoms with E-state index in [1.165, 1.54) is 12.1 Å². The van der Waals surface area contributed by atoms with Crippen molar-refractivity contribution in [1.82, 2.24) is 5.32 Å². The molecule has 6 nitrogen and oxygen atoms in total. The van der Waals surface area contributed by atoms with E-state index in [0.29, 0.717) is 12.2 Å². The van der Waals surface area contributed by atoms with Crippen LogP contribution in [0.5, 0.6) is 5.75 Å². The number of carbonyl (C=O) groups is 1. The number of halogens is 4. The van der Waals surface area contributed by atoms with Gasteiger partial charge in [0.1, 0.15) is 12.3 Å². The molecule has 0 bridgehead atoms. The highest BCUT2D eigenvalue weighted by Gasteiger charge is 2.30. The molecular weight excluding hydrogens is 416 g/mol. The number of alkyl halides is 3. The Balaban J connectivity index is 0.00000441. The first-order valence-corrected chi connectivity index (χ1v) is 5.99. The lowest BCUT2D eigenvalue weighted by molar-refractivity contribution is -0.274. The predicted octanol–water partition coefficient (Wildman–Crippen LogP) is 2.07. The van der Waals surface area contributed by atoms with Crippen LogP contribution in [0.15, 0.2) is 29.3 Å². The van der Waals surface area contributed by atoms with Crippen LogP contribution in [-0.2, 0) is 4.79 Å². The molecular formula is C12H16F3IN4O2. The van der Waals surface area contributed by atoms with Gasteiger partial charge in [0.25, 0.3) is 0 Å². The Hall–Kier alpha value is -1.72. The van der Waals surface area contributed by atoms with Crippen LogP contribution < -0.4 is 21.1 Å². The Morgan fingerprint density at radius 2 is 1.91 bits per heavy atom. The lowest BCUT2D eigenvalue weighted by atomic mass is 10.3. The molecule has 0 spiro atoms. The van der Waals surface area contributed by atoms with Crippen LogP contribution in [0.1, 0.15) is 6.92 Å². The van der Waals surface area contributed by atoms with E-state index in [1.807, 2.05) is 0 Å². The minimum atomic E-state index is -4.73. The molecule has 4 N–H and O–H groups in total. The van der Waals surface area contributed by atoms with Crippen LogP contribution in [0.4, 0.5) is 18.9 Å². The molecule has 0 aliphatic heterocycles. The zero-order chi connectivity index (χ0) is 15.9. The fourth-order valence-electron chi connectivity index (χ4n) is 1.34. The quantitative estimate of drug-likeness (QED) is 0.378. The number of hydrogen-bond acceptors (Lipinski definition) is 3. The zero-order valence-corrected chi connectivity index (χ0v) is 13.9. The highest BCUT2D eigenvalue weighted by atomic mass is 127. The van der Waals surface area contributed by atoms with Gasteiger partial charge in [0.15, 0.2) is 5.96 Å². The lowest BCUT2D eigenvalue weighted by Gasteiger charge is -2.10. The van der Waals surface area contributed by atoms with E-state index in [2.05, 4.69) is 20.4 Å². The number of rotatable bonds is 5. The highest BCUT2D eigenvalue weighted by molar-refractivity contribution is 14.0. The minimum absolute atomic E-state index is 0. The predicted molar refractivity (Wildman–Crippen MR) is 87.3 cm³/mol. The number of carbonyl (C=O) groups excluding carboxylic acids is 1. The van der Waals surface area contributed by atoms with Crippen LogP contribution in [0, 0.1) is 0 Å². The van der Waals surface area contributed by atoms with Crippen molar-refractivity contribution in [2.75, 3.05) is 18.4 Å². The van der Waals surface area contributed by atoms with Crippen molar-refractivity contribution in [3.05, 3.63) is 24.3 Å². The number of nitrogens with one attached hydrogen (secondary N) is 2. The van der Waals surface area contributed by atoms with E-state index < -0.39 is 6.36 Å². The maximum Gasteiger partial charge on any atom is 0.573 e. The molecule has 0 aliphatic carbocycles. The van der Waals surface area contributed by atoms with Crippen molar-refractivity contribution in [1.29, 1.82) is 0 Å². The third kappa shape index (κ3) is 8.54. The van der Waals surface area contributed by atoms with E-state index in [1.54, 1.807) is 6.92 Å². The summed E-state index contributed by atoms with van der Waals surface area (Å²) in [5.41, 5.74) is 5.96. The van der Waals surface area contributed by atoms with Crippen LogP contribution in [-0.4, -0.2) is 31.3 Å². The molecule has 0 unspecified atom stereocenters. The summed E-state index contributed by atoms with van der Waals surface area (Å²) in [5.74, 6) is -0.646. The molecule has 0 atom stereocenters. The topological polar surface area (TPSA) is 88.7 Å². The molecule has 0 aliphatic rings. The number of anilines is 1. The molecule has 1 amide bonds. The molecule has 1 rings (SSSR count). The van der Waals surface area contributed by atoms with Gasteiger partial charge in [0.2, 0.25) is 5.91 Å². The number of nitrogens with zero attached hydrogens (tertiary/aromatic N) is 1. The van der Waals surface area contributed by atoms with Crippen molar-refractivity contribution in [2.45, 2.75) is 13.3 Å². The fraction of sp³-hybridized carbons (Fsp3) is 0.333. The van der Waals surface area contributed by atoms with Gasteiger partial charge in [-0.3, -0.25) is 4.79 Å². The van der Waals surface area contributed by atoms with Crippen LogP contribution >= 0.6 is 24.0 Å². The zero-order valence-electron chi connectivity index (χ0n) is 11.6. The normalized spacial score (nSPS) is 11.4. The summed E-state index contributed by atoms with van der Waals surface area (Å²) >= 11 is 0.